The molecule has 0 saturated carbocycles. The van der Waals surface area contributed by atoms with E-state index in [1.807, 2.05) is 0 Å². The summed E-state index contributed by atoms with van der Waals surface area (Å²) in [5.41, 5.74) is 0. The third-order valence-electron chi connectivity index (χ3n) is 5.25. The van der Waals surface area contributed by atoms with Crippen LogP contribution in [0.4, 0.5) is 0 Å². The van der Waals surface area contributed by atoms with Crippen LogP contribution in [-0.2, 0) is 19.1 Å². The number of ether oxygens (including phenoxy) is 2. The fraction of sp³-hybridized carbons (Fsp3) is 0.909. The minimum Gasteiger partial charge on any atom is -0.458 e. The Kier molecular flexibility index (Phi) is 12.6. The number of hydrogen-bond donors (Lipinski definition) is 0. The standard InChI is InChI=1S/C22H40O4/c1-4-5-6-7-10-14-17-21-20(25-19(3)22(24)26-21)16-13-11-8-9-12-15-18(2)23/h19-21H,4-17H2,1-3H3. The van der Waals surface area contributed by atoms with Gasteiger partial charge in [-0.25, -0.2) is 4.79 Å². The number of ketones is 1. The molecule has 1 aliphatic heterocycles. The summed E-state index contributed by atoms with van der Waals surface area (Å²) < 4.78 is 11.6. The summed E-state index contributed by atoms with van der Waals surface area (Å²) in [6.45, 7) is 5.68. The highest BCUT2D eigenvalue weighted by Crippen LogP contribution is 2.25. The molecule has 0 aromatic heterocycles. The summed E-state index contributed by atoms with van der Waals surface area (Å²) >= 11 is 0. The Balaban J connectivity index is 2.22. The maximum absolute atomic E-state index is 11.9. The lowest BCUT2D eigenvalue weighted by molar-refractivity contribution is -0.199. The minimum absolute atomic E-state index is 0.0514. The van der Waals surface area contributed by atoms with E-state index in [-0.39, 0.29) is 24.0 Å². The van der Waals surface area contributed by atoms with Gasteiger partial charge >= 0.3 is 5.97 Å². The molecule has 1 fully saturated rings. The predicted molar refractivity (Wildman–Crippen MR) is 105 cm³/mol. The molecule has 0 aliphatic carbocycles. The number of cyclic esters (lactones) is 1. The first kappa shape index (κ1) is 23.1. The van der Waals surface area contributed by atoms with Crippen LogP contribution in [0.2, 0.25) is 0 Å². The molecule has 1 rings (SSSR count). The summed E-state index contributed by atoms with van der Waals surface area (Å²) in [5, 5.41) is 0. The van der Waals surface area contributed by atoms with Crippen molar-refractivity contribution in [3.05, 3.63) is 0 Å². The third kappa shape index (κ3) is 10.3. The molecular weight excluding hydrogens is 328 g/mol. The van der Waals surface area contributed by atoms with Gasteiger partial charge < -0.3 is 14.3 Å². The van der Waals surface area contributed by atoms with Gasteiger partial charge in [-0.2, -0.15) is 0 Å². The molecule has 0 aromatic rings. The van der Waals surface area contributed by atoms with Crippen LogP contribution < -0.4 is 0 Å². The zero-order valence-electron chi connectivity index (χ0n) is 17.3. The van der Waals surface area contributed by atoms with Crippen molar-refractivity contribution < 1.29 is 19.1 Å². The summed E-state index contributed by atoms with van der Waals surface area (Å²) in [6, 6.07) is 0. The molecule has 1 heterocycles. The van der Waals surface area contributed by atoms with Gasteiger partial charge in [0.2, 0.25) is 0 Å². The van der Waals surface area contributed by atoms with Crippen molar-refractivity contribution in [2.24, 2.45) is 0 Å². The smallest absolute Gasteiger partial charge is 0.335 e. The number of hydrogen-bond acceptors (Lipinski definition) is 4. The first-order valence-electron chi connectivity index (χ1n) is 10.9. The fourth-order valence-electron chi connectivity index (χ4n) is 3.60. The van der Waals surface area contributed by atoms with Crippen molar-refractivity contribution in [3.63, 3.8) is 0 Å². The van der Waals surface area contributed by atoms with Crippen LogP contribution in [0.3, 0.4) is 0 Å². The number of Topliss-reactive ketones (excluding diaryl/α,β-unsaturated/α-hetero) is 1. The van der Waals surface area contributed by atoms with E-state index in [0.717, 1.165) is 51.4 Å². The van der Waals surface area contributed by atoms with E-state index in [1.165, 1.54) is 32.1 Å². The highest BCUT2D eigenvalue weighted by Gasteiger charge is 2.35. The van der Waals surface area contributed by atoms with Crippen molar-refractivity contribution in [1.82, 2.24) is 0 Å². The lowest BCUT2D eigenvalue weighted by Gasteiger charge is -2.34. The Bertz CT molecular complexity index is 394. The van der Waals surface area contributed by atoms with Crippen LogP contribution in [0.5, 0.6) is 0 Å². The average molecular weight is 369 g/mol. The Morgan fingerprint density at radius 2 is 1.38 bits per heavy atom. The minimum atomic E-state index is -0.434. The topological polar surface area (TPSA) is 52.6 Å². The quantitative estimate of drug-likeness (QED) is 0.272. The Morgan fingerprint density at radius 1 is 0.846 bits per heavy atom. The molecule has 152 valence electrons. The third-order valence-corrected chi connectivity index (χ3v) is 5.25. The second-order valence-electron chi connectivity index (χ2n) is 7.86. The van der Waals surface area contributed by atoms with Crippen LogP contribution in [-0.4, -0.2) is 30.1 Å². The molecule has 1 saturated heterocycles. The zero-order chi connectivity index (χ0) is 19.2. The summed E-state index contributed by atoms with van der Waals surface area (Å²) in [4.78, 5) is 22.8. The van der Waals surface area contributed by atoms with Gasteiger partial charge in [-0.05, 0) is 39.5 Å². The van der Waals surface area contributed by atoms with Gasteiger partial charge in [-0.15, -0.1) is 0 Å². The van der Waals surface area contributed by atoms with Gasteiger partial charge in [0, 0.05) is 6.42 Å². The first-order valence-corrected chi connectivity index (χ1v) is 10.9. The molecule has 1 aliphatic rings. The van der Waals surface area contributed by atoms with Crippen LogP contribution in [0.1, 0.15) is 111 Å². The Labute approximate surface area is 160 Å². The normalized spacial score (nSPS) is 23.0. The van der Waals surface area contributed by atoms with Crippen molar-refractivity contribution >= 4 is 11.8 Å². The number of carbonyl (C=O) groups is 2. The highest BCUT2D eigenvalue weighted by atomic mass is 16.6. The molecule has 0 amide bonds. The van der Waals surface area contributed by atoms with E-state index >= 15 is 0 Å². The lowest BCUT2D eigenvalue weighted by Crippen LogP contribution is -2.45. The molecule has 0 radical (unpaired) electrons. The van der Waals surface area contributed by atoms with E-state index < -0.39 is 6.10 Å². The number of unbranched alkanes of at least 4 members (excludes halogenated alkanes) is 9. The molecular formula is C22H40O4. The van der Waals surface area contributed by atoms with E-state index in [2.05, 4.69) is 6.92 Å². The molecule has 0 bridgehead atoms. The second-order valence-corrected chi connectivity index (χ2v) is 7.86. The molecule has 4 heteroatoms. The highest BCUT2D eigenvalue weighted by molar-refractivity contribution is 5.75. The monoisotopic (exact) mass is 368 g/mol. The summed E-state index contributed by atoms with van der Waals surface area (Å²) in [5.74, 6) is 0.0791. The molecule has 3 atom stereocenters. The molecule has 0 N–H and O–H groups in total. The largest absolute Gasteiger partial charge is 0.458 e. The molecule has 3 unspecified atom stereocenters. The fourth-order valence-corrected chi connectivity index (χ4v) is 3.60. The molecule has 26 heavy (non-hydrogen) atoms. The second kappa shape index (κ2) is 14.2. The van der Waals surface area contributed by atoms with Gasteiger partial charge in [-0.3, -0.25) is 0 Å². The Hall–Kier alpha value is -0.900. The van der Waals surface area contributed by atoms with E-state index in [1.54, 1.807) is 13.8 Å². The van der Waals surface area contributed by atoms with Crippen LogP contribution in [0.15, 0.2) is 0 Å². The predicted octanol–water partition coefficient (Wildman–Crippen LogP) is 5.76. The SMILES string of the molecule is CCCCCCCCC1OC(=O)C(C)OC1CCCCCCCC(C)=O. The maximum atomic E-state index is 11.9. The van der Waals surface area contributed by atoms with Crippen molar-refractivity contribution in [3.8, 4) is 0 Å². The van der Waals surface area contributed by atoms with Gasteiger partial charge in [0.1, 0.15) is 11.9 Å². The average Bonchev–Trinajstić information content (AvgIpc) is 2.60. The van der Waals surface area contributed by atoms with Crippen molar-refractivity contribution in [1.29, 1.82) is 0 Å². The van der Waals surface area contributed by atoms with Crippen LogP contribution in [0, 0.1) is 0 Å². The van der Waals surface area contributed by atoms with E-state index in [9.17, 15) is 9.59 Å². The van der Waals surface area contributed by atoms with Crippen molar-refractivity contribution in [2.75, 3.05) is 0 Å². The zero-order valence-corrected chi connectivity index (χ0v) is 17.3. The van der Waals surface area contributed by atoms with Crippen LogP contribution in [0.25, 0.3) is 0 Å². The number of rotatable bonds is 15. The number of carbonyl (C=O) groups excluding carboxylic acids is 2. The van der Waals surface area contributed by atoms with E-state index in [0.29, 0.717) is 6.42 Å². The van der Waals surface area contributed by atoms with Gasteiger partial charge in [-0.1, -0.05) is 64.7 Å². The molecule has 0 spiro atoms. The Morgan fingerprint density at radius 3 is 2.00 bits per heavy atom. The van der Waals surface area contributed by atoms with Gasteiger partial charge in [0.15, 0.2) is 6.10 Å². The van der Waals surface area contributed by atoms with E-state index in [4.69, 9.17) is 9.47 Å². The first-order chi connectivity index (χ1) is 12.5. The van der Waals surface area contributed by atoms with Crippen molar-refractivity contribution in [2.45, 2.75) is 129 Å². The van der Waals surface area contributed by atoms with Gasteiger partial charge in [0.05, 0.1) is 6.10 Å². The van der Waals surface area contributed by atoms with Gasteiger partial charge in [0.25, 0.3) is 0 Å². The maximum Gasteiger partial charge on any atom is 0.335 e. The van der Waals surface area contributed by atoms with Crippen LogP contribution >= 0.6 is 0 Å². The lowest BCUT2D eigenvalue weighted by atomic mass is 9.98. The molecule has 4 nitrogen and oxygen atoms in total. The summed E-state index contributed by atoms with van der Waals surface area (Å²) in [6.07, 6.45) is 15.2. The number of esters is 1. The molecule has 0 aromatic carbocycles. The summed E-state index contributed by atoms with van der Waals surface area (Å²) in [7, 11) is 0.